The van der Waals surface area contributed by atoms with Gasteiger partial charge in [-0.15, -0.1) is 0 Å². The third-order valence-electron chi connectivity index (χ3n) is 14.0. The first-order valence-electron chi connectivity index (χ1n) is 30.1. The number of carbonyl (C=O) groups is 2. The van der Waals surface area contributed by atoms with Gasteiger partial charge in [0.1, 0.15) is 0 Å². The van der Waals surface area contributed by atoms with Gasteiger partial charge in [0.15, 0.2) is 0 Å². The van der Waals surface area contributed by atoms with Crippen LogP contribution in [0.3, 0.4) is 0 Å². The zero-order valence-corrected chi connectivity index (χ0v) is 45.1. The van der Waals surface area contributed by atoms with Gasteiger partial charge in [0, 0.05) is 12.8 Å². The smallest absolute Gasteiger partial charge is 0.305 e. The summed E-state index contributed by atoms with van der Waals surface area (Å²) < 4.78 is 5.48. The first-order chi connectivity index (χ1) is 33.0. The van der Waals surface area contributed by atoms with Gasteiger partial charge in [0.05, 0.1) is 25.4 Å². The predicted molar refractivity (Wildman–Crippen MR) is 292 cm³/mol. The Bertz CT molecular complexity index is 1040. The van der Waals surface area contributed by atoms with Crippen molar-refractivity contribution < 1.29 is 24.5 Å². The topological polar surface area (TPSA) is 95.9 Å². The summed E-state index contributed by atoms with van der Waals surface area (Å²) >= 11 is 0. The van der Waals surface area contributed by atoms with Crippen molar-refractivity contribution in [2.75, 3.05) is 13.2 Å². The Morgan fingerprint density at radius 3 is 1.07 bits per heavy atom. The van der Waals surface area contributed by atoms with E-state index in [-0.39, 0.29) is 18.5 Å². The molecular formula is C61H117NO5. The number of hydrogen-bond acceptors (Lipinski definition) is 5. The van der Waals surface area contributed by atoms with Crippen LogP contribution in [-0.4, -0.2) is 47.4 Å². The summed E-state index contributed by atoms with van der Waals surface area (Å²) in [5, 5.41) is 23.3. The number of unbranched alkanes of at least 4 members (excludes halogenated alkanes) is 41. The summed E-state index contributed by atoms with van der Waals surface area (Å²) in [5.74, 6) is -0.0772. The minimum absolute atomic E-state index is 0.0148. The molecule has 0 aliphatic carbocycles. The van der Waals surface area contributed by atoms with Crippen LogP contribution in [0.2, 0.25) is 0 Å². The number of esters is 1. The number of rotatable bonds is 56. The molecule has 0 spiro atoms. The molecule has 3 N–H and O–H groups in total. The van der Waals surface area contributed by atoms with Crippen molar-refractivity contribution in [3.8, 4) is 0 Å². The van der Waals surface area contributed by atoms with Crippen molar-refractivity contribution in [1.29, 1.82) is 0 Å². The number of hydrogen-bond donors (Lipinski definition) is 3. The second-order valence-electron chi connectivity index (χ2n) is 20.7. The lowest BCUT2D eigenvalue weighted by Crippen LogP contribution is -2.45. The fourth-order valence-electron chi connectivity index (χ4n) is 9.34. The number of nitrogens with one attached hydrogen (secondary N) is 1. The Labute approximate surface area is 418 Å². The lowest BCUT2D eigenvalue weighted by Gasteiger charge is -2.22. The first kappa shape index (κ1) is 65.3. The second kappa shape index (κ2) is 56.9. The number of ether oxygens (including phenoxy) is 1. The molecule has 0 aromatic heterocycles. The molecule has 0 aromatic carbocycles. The van der Waals surface area contributed by atoms with Crippen molar-refractivity contribution in [2.24, 2.45) is 0 Å². The molecule has 2 unspecified atom stereocenters. The molecule has 6 nitrogen and oxygen atoms in total. The van der Waals surface area contributed by atoms with Gasteiger partial charge >= 0.3 is 5.97 Å². The Kier molecular flexibility index (Phi) is 55.5. The van der Waals surface area contributed by atoms with Crippen LogP contribution in [0.5, 0.6) is 0 Å². The lowest BCUT2D eigenvalue weighted by molar-refractivity contribution is -0.143. The third-order valence-corrected chi connectivity index (χ3v) is 14.0. The van der Waals surface area contributed by atoms with Crippen LogP contribution in [-0.2, 0) is 14.3 Å². The molecule has 0 aliphatic heterocycles. The molecule has 0 rings (SSSR count). The van der Waals surface area contributed by atoms with Gasteiger partial charge in [-0.2, -0.15) is 0 Å². The Balaban J connectivity index is 3.48. The van der Waals surface area contributed by atoms with E-state index in [1.807, 2.05) is 0 Å². The Hall–Kier alpha value is -1.66. The highest BCUT2D eigenvalue weighted by Gasteiger charge is 2.20. The van der Waals surface area contributed by atoms with Crippen LogP contribution < -0.4 is 5.32 Å². The van der Waals surface area contributed by atoms with Gasteiger partial charge < -0.3 is 20.3 Å². The summed E-state index contributed by atoms with van der Waals surface area (Å²) in [6.07, 6.45) is 68.9. The number of aliphatic hydroxyl groups excluding tert-OH is 2. The van der Waals surface area contributed by atoms with Crippen molar-refractivity contribution in [1.82, 2.24) is 5.32 Å². The van der Waals surface area contributed by atoms with E-state index >= 15 is 0 Å². The van der Waals surface area contributed by atoms with Gasteiger partial charge in [-0.05, 0) is 77.0 Å². The summed E-state index contributed by atoms with van der Waals surface area (Å²) in [4.78, 5) is 24.6. The van der Waals surface area contributed by atoms with Crippen molar-refractivity contribution in [3.63, 3.8) is 0 Å². The van der Waals surface area contributed by atoms with Gasteiger partial charge in [-0.1, -0.05) is 263 Å². The van der Waals surface area contributed by atoms with E-state index in [1.54, 1.807) is 0 Å². The molecule has 0 saturated heterocycles. The van der Waals surface area contributed by atoms with Crippen LogP contribution in [0.4, 0.5) is 0 Å². The van der Waals surface area contributed by atoms with E-state index < -0.39 is 12.1 Å². The van der Waals surface area contributed by atoms with E-state index in [0.29, 0.717) is 25.9 Å². The maximum atomic E-state index is 12.5. The molecule has 67 heavy (non-hydrogen) atoms. The molecule has 0 radical (unpaired) electrons. The third kappa shape index (κ3) is 53.5. The largest absolute Gasteiger partial charge is 0.466 e. The number of carbonyl (C=O) groups excluding carboxylic acids is 2. The van der Waals surface area contributed by atoms with E-state index in [0.717, 1.165) is 70.6 Å². The molecule has 1 amide bonds. The standard InChI is InChI=1S/C61H117NO5/c1-3-5-7-9-11-13-15-17-19-21-23-24-26-29-33-37-41-45-49-53-59(64)58(57-63)62-60(65)54-50-46-42-38-34-30-28-32-36-40-44-48-52-56-67-61(66)55-51-47-43-39-35-31-27-25-22-20-18-16-14-12-10-8-6-4-2/h20,22,30,34,58-59,63-64H,3-19,21,23-29,31-33,35-57H2,1-2H3,(H,62,65)/b22-20-,34-30-. The van der Waals surface area contributed by atoms with Crippen LogP contribution in [0.15, 0.2) is 24.3 Å². The van der Waals surface area contributed by atoms with Crippen LogP contribution in [0.1, 0.15) is 328 Å². The monoisotopic (exact) mass is 944 g/mol. The number of allylic oxidation sites excluding steroid dienone is 4. The zero-order valence-electron chi connectivity index (χ0n) is 45.1. The maximum Gasteiger partial charge on any atom is 0.305 e. The minimum atomic E-state index is -0.682. The number of aliphatic hydroxyl groups is 2. The normalized spacial score (nSPS) is 12.7. The average molecular weight is 945 g/mol. The first-order valence-corrected chi connectivity index (χ1v) is 30.1. The molecule has 0 saturated carbocycles. The molecule has 2 atom stereocenters. The van der Waals surface area contributed by atoms with Gasteiger partial charge in [0.2, 0.25) is 5.91 Å². The summed E-state index contributed by atoms with van der Waals surface area (Å²) in [6.45, 7) is 4.93. The summed E-state index contributed by atoms with van der Waals surface area (Å²) in [6, 6.07) is -0.562. The molecular weight excluding hydrogens is 827 g/mol. The van der Waals surface area contributed by atoms with E-state index in [1.165, 1.54) is 225 Å². The fraction of sp³-hybridized carbons (Fsp3) is 0.902. The quantitative estimate of drug-likeness (QED) is 0.0321. The van der Waals surface area contributed by atoms with E-state index in [4.69, 9.17) is 4.74 Å². The zero-order chi connectivity index (χ0) is 48.6. The highest BCUT2D eigenvalue weighted by molar-refractivity contribution is 5.76. The molecule has 0 heterocycles. The molecule has 0 bridgehead atoms. The van der Waals surface area contributed by atoms with Crippen LogP contribution in [0, 0.1) is 0 Å². The van der Waals surface area contributed by atoms with Crippen LogP contribution >= 0.6 is 0 Å². The molecule has 0 fully saturated rings. The highest BCUT2D eigenvalue weighted by atomic mass is 16.5. The van der Waals surface area contributed by atoms with Gasteiger partial charge in [0.25, 0.3) is 0 Å². The average Bonchev–Trinajstić information content (AvgIpc) is 3.33. The SMILES string of the molecule is CCCCCCCCC/C=C\CCCCCCCCCC(=O)OCCCCCCCC/C=C\CCCCCC(=O)NC(CO)C(O)CCCCCCCCCCCCCCCCCCCCC. The van der Waals surface area contributed by atoms with Gasteiger partial charge in [-0.3, -0.25) is 9.59 Å². The summed E-state index contributed by atoms with van der Waals surface area (Å²) in [7, 11) is 0. The maximum absolute atomic E-state index is 12.5. The second-order valence-corrected chi connectivity index (χ2v) is 20.7. The summed E-state index contributed by atoms with van der Waals surface area (Å²) in [5.41, 5.74) is 0. The Morgan fingerprint density at radius 2 is 0.701 bits per heavy atom. The van der Waals surface area contributed by atoms with Gasteiger partial charge in [-0.25, -0.2) is 0 Å². The van der Waals surface area contributed by atoms with Crippen LogP contribution in [0.25, 0.3) is 0 Å². The van der Waals surface area contributed by atoms with E-state index in [2.05, 4.69) is 43.5 Å². The molecule has 396 valence electrons. The highest BCUT2D eigenvalue weighted by Crippen LogP contribution is 2.17. The number of amides is 1. The van der Waals surface area contributed by atoms with Crippen molar-refractivity contribution in [2.45, 2.75) is 341 Å². The minimum Gasteiger partial charge on any atom is -0.466 e. The van der Waals surface area contributed by atoms with Crippen molar-refractivity contribution in [3.05, 3.63) is 24.3 Å². The molecule has 6 heteroatoms. The lowest BCUT2D eigenvalue weighted by atomic mass is 10.0. The van der Waals surface area contributed by atoms with Crippen molar-refractivity contribution >= 4 is 11.9 Å². The predicted octanol–water partition coefficient (Wildman–Crippen LogP) is 18.6. The molecule has 0 aromatic rings. The fourth-order valence-corrected chi connectivity index (χ4v) is 9.34. The molecule has 0 aliphatic rings. The Morgan fingerprint density at radius 1 is 0.403 bits per heavy atom. The van der Waals surface area contributed by atoms with E-state index in [9.17, 15) is 19.8 Å².